The monoisotopic (exact) mass is 371 g/mol. The number of amides is 1. The Morgan fingerprint density at radius 2 is 2.11 bits per heavy atom. The van der Waals surface area contributed by atoms with Crippen LogP contribution >= 0.6 is 0 Å². The number of carbonyl (C=O) groups excluding carboxylic acids is 1. The summed E-state index contributed by atoms with van der Waals surface area (Å²) in [6, 6.07) is 11.7. The first-order chi connectivity index (χ1) is 13.0. The summed E-state index contributed by atoms with van der Waals surface area (Å²) in [5.41, 5.74) is 0.794. The standard InChI is InChI=1S/C22H29NO4/c1-16(2)20-13-22(10-12-27-20,18-8-4-5-9-19(18)25-3)14-21(24)23-15-17-7-6-11-26-17/h4-9,11,16,20H,10,12-15H2,1-3H3,(H,23,24)/t20-,22-/m1/s1. The summed E-state index contributed by atoms with van der Waals surface area (Å²) in [7, 11) is 1.68. The van der Waals surface area contributed by atoms with E-state index in [-0.39, 0.29) is 17.4 Å². The second-order valence-corrected chi connectivity index (χ2v) is 7.62. The molecule has 3 rings (SSSR count). The number of nitrogens with one attached hydrogen (secondary N) is 1. The molecule has 1 aromatic heterocycles. The van der Waals surface area contributed by atoms with Gasteiger partial charge < -0.3 is 19.2 Å². The summed E-state index contributed by atoms with van der Waals surface area (Å²) in [4.78, 5) is 12.8. The summed E-state index contributed by atoms with van der Waals surface area (Å²) in [6.45, 7) is 5.38. The Kier molecular flexibility index (Phi) is 6.22. The molecule has 1 fully saturated rings. The number of furan rings is 1. The fourth-order valence-corrected chi connectivity index (χ4v) is 3.93. The lowest BCUT2D eigenvalue weighted by Crippen LogP contribution is -2.44. The van der Waals surface area contributed by atoms with Crippen LogP contribution in [-0.4, -0.2) is 25.7 Å². The Balaban J connectivity index is 1.84. The Morgan fingerprint density at radius 1 is 1.30 bits per heavy atom. The van der Waals surface area contributed by atoms with Gasteiger partial charge in [-0.3, -0.25) is 4.79 Å². The highest BCUT2D eigenvalue weighted by Gasteiger charge is 2.42. The number of carbonyl (C=O) groups is 1. The van der Waals surface area contributed by atoms with Gasteiger partial charge in [0.1, 0.15) is 11.5 Å². The van der Waals surface area contributed by atoms with Crippen molar-refractivity contribution in [1.82, 2.24) is 5.32 Å². The molecule has 1 amide bonds. The average Bonchev–Trinajstić information content (AvgIpc) is 3.20. The maximum absolute atomic E-state index is 12.8. The average molecular weight is 371 g/mol. The van der Waals surface area contributed by atoms with E-state index in [0.29, 0.717) is 25.5 Å². The first-order valence-electron chi connectivity index (χ1n) is 9.58. The van der Waals surface area contributed by atoms with E-state index < -0.39 is 0 Å². The minimum atomic E-state index is -0.299. The molecule has 1 aliphatic rings. The van der Waals surface area contributed by atoms with Crippen molar-refractivity contribution >= 4 is 5.91 Å². The van der Waals surface area contributed by atoms with E-state index in [9.17, 15) is 4.79 Å². The molecule has 146 valence electrons. The van der Waals surface area contributed by atoms with Crippen LogP contribution in [0.4, 0.5) is 0 Å². The number of methoxy groups -OCH3 is 1. The molecule has 5 heteroatoms. The fraction of sp³-hybridized carbons (Fsp3) is 0.500. The van der Waals surface area contributed by atoms with Gasteiger partial charge in [-0.25, -0.2) is 0 Å². The molecule has 0 bridgehead atoms. The van der Waals surface area contributed by atoms with Crippen LogP contribution in [0.25, 0.3) is 0 Å². The summed E-state index contributed by atoms with van der Waals surface area (Å²) < 4.78 is 16.9. The van der Waals surface area contributed by atoms with Crippen LogP contribution < -0.4 is 10.1 Å². The molecular weight excluding hydrogens is 342 g/mol. The zero-order valence-electron chi connectivity index (χ0n) is 16.4. The van der Waals surface area contributed by atoms with E-state index in [1.165, 1.54) is 0 Å². The minimum Gasteiger partial charge on any atom is -0.496 e. The third-order valence-electron chi connectivity index (χ3n) is 5.47. The second-order valence-electron chi connectivity index (χ2n) is 7.62. The molecule has 1 aliphatic heterocycles. The quantitative estimate of drug-likeness (QED) is 0.797. The van der Waals surface area contributed by atoms with Gasteiger partial charge in [0.25, 0.3) is 0 Å². The molecule has 5 nitrogen and oxygen atoms in total. The second kappa shape index (κ2) is 8.61. The molecule has 0 saturated carbocycles. The molecule has 27 heavy (non-hydrogen) atoms. The summed E-state index contributed by atoms with van der Waals surface area (Å²) in [5, 5.41) is 2.99. The van der Waals surface area contributed by atoms with E-state index in [2.05, 4.69) is 25.2 Å². The molecule has 1 aromatic carbocycles. The zero-order valence-corrected chi connectivity index (χ0v) is 16.4. The summed E-state index contributed by atoms with van der Waals surface area (Å²) in [6.07, 6.45) is 3.75. The molecule has 0 aliphatic carbocycles. The van der Waals surface area contributed by atoms with Crippen LogP contribution in [-0.2, 0) is 21.5 Å². The number of benzene rings is 1. The van der Waals surface area contributed by atoms with Gasteiger partial charge in [0.2, 0.25) is 5.91 Å². The topological polar surface area (TPSA) is 60.7 Å². The van der Waals surface area contributed by atoms with Crippen LogP contribution in [0, 0.1) is 5.92 Å². The fourth-order valence-electron chi connectivity index (χ4n) is 3.93. The molecule has 2 heterocycles. The van der Waals surface area contributed by atoms with Gasteiger partial charge in [0, 0.05) is 24.0 Å². The smallest absolute Gasteiger partial charge is 0.221 e. The molecule has 0 radical (unpaired) electrons. The van der Waals surface area contributed by atoms with Gasteiger partial charge in [-0.05, 0) is 37.0 Å². The van der Waals surface area contributed by atoms with Crippen molar-refractivity contribution in [1.29, 1.82) is 0 Å². The lowest BCUT2D eigenvalue weighted by Gasteiger charge is -2.43. The van der Waals surface area contributed by atoms with Crippen molar-refractivity contribution in [3.05, 3.63) is 54.0 Å². The van der Waals surface area contributed by atoms with Crippen LogP contribution in [0.5, 0.6) is 5.75 Å². The minimum absolute atomic E-state index is 0.0155. The molecular formula is C22H29NO4. The lowest BCUT2D eigenvalue weighted by molar-refractivity contribution is -0.125. The van der Waals surface area contributed by atoms with Crippen molar-refractivity contribution in [2.45, 2.75) is 51.2 Å². The third kappa shape index (κ3) is 4.53. The zero-order chi connectivity index (χ0) is 19.3. The lowest BCUT2D eigenvalue weighted by atomic mass is 9.68. The van der Waals surface area contributed by atoms with Crippen LogP contribution in [0.2, 0.25) is 0 Å². The molecule has 2 aromatic rings. The first kappa shape index (κ1) is 19.5. The van der Waals surface area contributed by atoms with Gasteiger partial charge in [0.15, 0.2) is 0 Å². The highest BCUT2D eigenvalue weighted by Crippen LogP contribution is 2.45. The van der Waals surface area contributed by atoms with Gasteiger partial charge >= 0.3 is 0 Å². The third-order valence-corrected chi connectivity index (χ3v) is 5.47. The summed E-state index contributed by atoms with van der Waals surface area (Å²) >= 11 is 0. The molecule has 1 saturated heterocycles. The van der Waals surface area contributed by atoms with Crippen molar-refractivity contribution in [2.75, 3.05) is 13.7 Å². The van der Waals surface area contributed by atoms with Crippen molar-refractivity contribution < 1.29 is 18.7 Å². The molecule has 0 unspecified atom stereocenters. The normalized spacial score (nSPS) is 22.6. The van der Waals surface area contributed by atoms with Crippen LogP contribution in [0.1, 0.15) is 44.4 Å². The molecule has 2 atom stereocenters. The van der Waals surface area contributed by atoms with Gasteiger partial charge in [-0.1, -0.05) is 32.0 Å². The highest BCUT2D eigenvalue weighted by molar-refractivity contribution is 5.78. The van der Waals surface area contributed by atoms with Crippen molar-refractivity contribution in [3.63, 3.8) is 0 Å². The van der Waals surface area contributed by atoms with E-state index >= 15 is 0 Å². The largest absolute Gasteiger partial charge is 0.496 e. The Bertz CT molecular complexity index is 741. The highest BCUT2D eigenvalue weighted by atomic mass is 16.5. The predicted octanol–water partition coefficient (Wildman–Crippen LogP) is 4.07. The number of para-hydroxylation sites is 1. The number of ether oxygens (including phenoxy) is 2. The van der Waals surface area contributed by atoms with Crippen LogP contribution in [0.3, 0.4) is 0 Å². The summed E-state index contributed by atoms with van der Waals surface area (Å²) in [5.74, 6) is 2.00. The maximum Gasteiger partial charge on any atom is 0.221 e. The van der Waals surface area contributed by atoms with Crippen molar-refractivity contribution in [3.8, 4) is 5.75 Å². The van der Waals surface area contributed by atoms with E-state index in [1.54, 1.807) is 13.4 Å². The van der Waals surface area contributed by atoms with Gasteiger partial charge in [-0.15, -0.1) is 0 Å². The Morgan fingerprint density at radius 3 is 2.81 bits per heavy atom. The van der Waals surface area contributed by atoms with Gasteiger partial charge in [-0.2, -0.15) is 0 Å². The van der Waals surface area contributed by atoms with Crippen LogP contribution in [0.15, 0.2) is 47.1 Å². The van der Waals surface area contributed by atoms with E-state index in [1.807, 2.05) is 30.3 Å². The number of hydrogen-bond donors (Lipinski definition) is 1. The first-order valence-corrected chi connectivity index (χ1v) is 9.58. The Labute approximate surface area is 161 Å². The van der Waals surface area contributed by atoms with Crippen molar-refractivity contribution in [2.24, 2.45) is 5.92 Å². The molecule has 1 N–H and O–H groups in total. The maximum atomic E-state index is 12.8. The van der Waals surface area contributed by atoms with Gasteiger partial charge in [0.05, 0.1) is 26.0 Å². The number of rotatable bonds is 7. The van der Waals surface area contributed by atoms with E-state index in [0.717, 1.165) is 29.9 Å². The number of hydrogen-bond acceptors (Lipinski definition) is 4. The Hall–Kier alpha value is -2.27. The predicted molar refractivity (Wildman–Crippen MR) is 104 cm³/mol. The van der Waals surface area contributed by atoms with E-state index in [4.69, 9.17) is 13.9 Å². The SMILES string of the molecule is COc1ccccc1[C@]1(CC(=O)NCc2ccco2)CCO[C@@H](C(C)C)C1. The molecule has 0 spiro atoms.